The average Bonchev–Trinajstić information content (AvgIpc) is 2.18. The van der Waals surface area contributed by atoms with E-state index < -0.39 is 12.0 Å². The minimum Gasteiger partial charge on any atom is -0.312 e. The van der Waals surface area contributed by atoms with E-state index in [1.54, 1.807) is 18.2 Å². The first-order valence-electron chi connectivity index (χ1n) is 4.19. The highest BCUT2D eigenvalue weighted by atomic mass is 19.3. The van der Waals surface area contributed by atoms with Gasteiger partial charge in [-0.3, -0.25) is 0 Å². The number of nitrogens with one attached hydrogen (secondary N) is 1. The van der Waals surface area contributed by atoms with Crippen LogP contribution >= 0.6 is 0 Å². The van der Waals surface area contributed by atoms with Crippen molar-refractivity contribution in [3.05, 3.63) is 35.9 Å². The van der Waals surface area contributed by atoms with E-state index in [0.717, 1.165) is 0 Å². The van der Waals surface area contributed by atoms with Crippen LogP contribution < -0.4 is 5.32 Å². The van der Waals surface area contributed by atoms with Gasteiger partial charge in [0.2, 0.25) is 0 Å². The van der Waals surface area contributed by atoms with Crippen LogP contribution in [0.1, 0.15) is 12.5 Å². The van der Waals surface area contributed by atoms with E-state index in [1.807, 2.05) is 0 Å². The minimum atomic E-state index is -2.81. The molecule has 72 valence electrons. The SMILES string of the molecule is CNC(C)C(F)(F)c1ccccc1. The van der Waals surface area contributed by atoms with Crippen LogP contribution in [0.4, 0.5) is 8.78 Å². The standard InChI is InChI=1S/C10H13F2N/c1-8(13-2)10(11,12)9-6-4-3-5-7-9/h3-8,13H,1-2H3. The van der Waals surface area contributed by atoms with Crippen LogP contribution in [0.3, 0.4) is 0 Å². The average molecular weight is 185 g/mol. The van der Waals surface area contributed by atoms with Gasteiger partial charge in [0.25, 0.3) is 5.92 Å². The maximum Gasteiger partial charge on any atom is 0.287 e. The van der Waals surface area contributed by atoms with E-state index >= 15 is 0 Å². The lowest BCUT2D eigenvalue weighted by molar-refractivity contribution is -0.0354. The fourth-order valence-corrected chi connectivity index (χ4v) is 1.09. The van der Waals surface area contributed by atoms with Gasteiger partial charge in [-0.25, -0.2) is 0 Å². The van der Waals surface area contributed by atoms with Crippen LogP contribution in [-0.4, -0.2) is 13.1 Å². The van der Waals surface area contributed by atoms with Crippen LogP contribution in [0, 0.1) is 0 Å². The molecule has 0 fully saturated rings. The normalized spacial score (nSPS) is 14.2. The van der Waals surface area contributed by atoms with Gasteiger partial charge >= 0.3 is 0 Å². The molecule has 1 unspecified atom stereocenters. The minimum absolute atomic E-state index is 0.0526. The first kappa shape index (κ1) is 10.1. The molecule has 0 heterocycles. The van der Waals surface area contributed by atoms with E-state index in [-0.39, 0.29) is 5.56 Å². The molecule has 0 aliphatic carbocycles. The molecule has 0 aliphatic heterocycles. The zero-order chi connectivity index (χ0) is 9.90. The fourth-order valence-electron chi connectivity index (χ4n) is 1.09. The number of rotatable bonds is 3. The summed E-state index contributed by atoms with van der Waals surface area (Å²) in [5, 5.41) is 2.55. The summed E-state index contributed by atoms with van der Waals surface area (Å²) in [6.07, 6.45) is 0. The van der Waals surface area contributed by atoms with Crippen molar-refractivity contribution < 1.29 is 8.78 Å². The summed E-state index contributed by atoms with van der Waals surface area (Å²) in [5.41, 5.74) is 0.0526. The molecule has 1 rings (SSSR count). The molecule has 0 aliphatic rings. The Balaban J connectivity index is 2.93. The lowest BCUT2D eigenvalue weighted by Gasteiger charge is -2.23. The zero-order valence-electron chi connectivity index (χ0n) is 7.72. The highest BCUT2D eigenvalue weighted by molar-refractivity contribution is 5.21. The summed E-state index contributed by atoms with van der Waals surface area (Å²) in [6.45, 7) is 1.47. The first-order valence-corrected chi connectivity index (χ1v) is 4.19. The summed E-state index contributed by atoms with van der Waals surface area (Å²) in [6, 6.07) is 6.98. The summed E-state index contributed by atoms with van der Waals surface area (Å²) >= 11 is 0. The Morgan fingerprint density at radius 1 is 1.23 bits per heavy atom. The van der Waals surface area contributed by atoms with Crippen LogP contribution in [0.2, 0.25) is 0 Å². The fraction of sp³-hybridized carbons (Fsp3) is 0.400. The molecule has 0 spiro atoms. The Kier molecular flexibility index (Phi) is 2.98. The van der Waals surface area contributed by atoms with Crippen molar-refractivity contribution in [2.45, 2.75) is 18.9 Å². The molecule has 1 nitrogen and oxygen atoms in total. The van der Waals surface area contributed by atoms with Gasteiger partial charge in [0, 0.05) is 5.56 Å². The van der Waals surface area contributed by atoms with Crippen LogP contribution in [0.25, 0.3) is 0 Å². The largest absolute Gasteiger partial charge is 0.312 e. The molecular formula is C10H13F2N. The molecule has 0 radical (unpaired) electrons. The monoisotopic (exact) mass is 185 g/mol. The van der Waals surface area contributed by atoms with Crippen molar-refractivity contribution in [2.75, 3.05) is 7.05 Å². The Morgan fingerprint density at radius 3 is 2.23 bits per heavy atom. The molecule has 0 saturated heterocycles. The molecule has 0 aromatic heterocycles. The second kappa shape index (κ2) is 3.83. The van der Waals surface area contributed by atoms with Crippen molar-refractivity contribution in [1.82, 2.24) is 5.32 Å². The molecule has 0 saturated carbocycles. The van der Waals surface area contributed by atoms with Crippen LogP contribution in [-0.2, 0) is 5.92 Å². The van der Waals surface area contributed by atoms with Gasteiger partial charge < -0.3 is 5.32 Å². The topological polar surface area (TPSA) is 12.0 Å². The van der Waals surface area contributed by atoms with Crippen molar-refractivity contribution in [3.63, 3.8) is 0 Å². The molecule has 1 aromatic rings. The number of likely N-dealkylation sites (N-methyl/N-ethyl adjacent to an activating group) is 1. The van der Waals surface area contributed by atoms with Crippen LogP contribution in [0.5, 0.6) is 0 Å². The highest BCUT2D eigenvalue weighted by Crippen LogP contribution is 2.30. The van der Waals surface area contributed by atoms with Gasteiger partial charge in [0.1, 0.15) is 0 Å². The van der Waals surface area contributed by atoms with Gasteiger partial charge in [0.05, 0.1) is 6.04 Å². The van der Waals surface area contributed by atoms with Gasteiger partial charge in [0.15, 0.2) is 0 Å². The highest BCUT2D eigenvalue weighted by Gasteiger charge is 2.37. The number of alkyl halides is 2. The third-order valence-corrected chi connectivity index (χ3v) is 2.14. The first-order chi connectivity index (χ1) is 6.09. The van der Waals surface area contributed by atoms with Crippen molar-refractivity contribution in [2.24, 2.45) is 0 Å². The number of hydrogen-bond acceptors (Lipinski definition) is 1. The van der Waals surface area contributed by atoms with E-state index in [4.69, 9.17) is 0 Å². The summed E-state index contributed by atoms with van der Waals surface area (Å²) in [5.74, 6) is -2.81. The molecule has 1 N–H and O–H groups in total. The maximum atomic E-state index is 13.5. The maximum absolute atomic E-state index is 13.5. The summed E-state index contributed by atoms with van der Waals surface area (Å²) in [7, 11) is 1.53. The van der Waals surface area contributed by atoms with E-state index in [2.05, 4.69) is 5.32 Å². The Bertz CT molecular complexity index is 259. The van der Waals surface area contributed by atoms with E-state index in [0.29, 0.717) is 0 Å². The molecule has 3 heteroatoms. The van der Waals surface area contributed by atoms with Crippen LogP contribution in [0.15, 0.2) is 30.3 Å². The van der Waals surface area contributed by atoms with Gasteiger partial charge in [-0.05, 0) is 14.0 Å². The zero-order valence-corrected chi connectivity index (χ0v) is 7.72. The predicted molar refractivity (Wildman–Crippen MR) is 48.9 cm³/mol. The summed E-state index contributed by atoms with van der Waals surface area (Å²) in [4.78, 5) is 0. The third kappa shape index (κ3) is 2.04. The second-order valence-electron chi connectivity index (χ2n) is 3.00. The smallest absolute Gasteiger partial charge is 0.287 e. The Labute approximate surface area is 76.8 Å². The lowest BCUT2D eigenvalue weighted by atomic mass is 10.0. The predicted octanol–water partition coefficient (Wildman–Crippen LogP) is 2.39. The molecule has 0 amide bonds. The third-order valence-electron chi connectivity index (χ3n) is 2.14. The van der Waals surface area contributed by atoms with Gasteiger partial charge in [-0.1, -0.05) is 30.3 Å². The second-order valence-corrected chi connectivity index (χ2v) is 3.00. The van der Waals surface area contributed by atoms with Gasteiger partial charge in [-0.15, -0.1) is 0 Å². The number of benzene rings is 1. The van der Waals surface area contributed by atoms with Crippen molar-refractivity contribution >= 4 is 0 Å². The summed E-state index contributed by atoms with van der Waals surface area (Å²) < 4.78 is 27.0. The molecule has 0 bridgehead atoms. The Morgan fingerprint density at radius 2 is 1.77 bits per heavy atom. The molecule has 13 heavy (non-hydrogen) atoms. The molecular weight excluding hydrogens is 172 g/mol. The number of halogens is 2. The quantitative estimate of drug-likeness (QED) is 0.762. The molecule has 1 aromatic carbocycles. The lowest BCUT2D eigenvalue weighted by Crippen LogP contribution is -2.38. The van der Waals surface area contributed by atoms with Gasteiger partial charge in [-0.2, -0.15) is 8.78 Å². The van der Waals surface area contributed by atoms with Crippen molar-refractivity contribution in [3.8, 4) is 0 Å². The van der Waals surface area contributed by atoms with Crippen molar-refractivity contribution in [1.29, 1.82) is 0 Å². The van der Waals surface area contributed by atoms with E-state index in [1.165, 1.54) is 26.1 Å². The number of hydrogen-bond donors (Lipinski definition) is 1. The molecule has 1 atom stereocenters. The van der Waals surface area contributed by atoms with E-state index in [9.17, 15) is 8.78 Å². The Hall–Kier alpha value is -0.960.